The van der Waals surface area contributed by atoms with E-state index in [0.29, 0.717) is 12.5 Å². The van der Waals surface area contributed by atoms with Crippen LogP contribution in [0.1, 0.15) is 44.7 Å². The predicted molar refractivity (Wildman–Crippen MR) is 97.0 cm³/mol. The van der Waals surface area contributed by atoms with Crippen LogP contribution in [0.5, 0.6) is 0 Å². The van der Waals surface area contributed by atoms with Crippen molar-refractivity contribution in [1.29, 1.82) is 0 Å². The number of rotatable bonds is 5. The number of hydrogen-bond donors (Lipinski definition) is 2. The molecule has 3 heteroatoms. The second kappa shape index (κ2) is 7.32. The van der Waals surface area contributed by atoms with Crippen LogP contribution in [0, 0.1) is 0 Å². The average Bonchev–Trinajstić information content (AvgIpc) is 2.54. The standard InChI is InChI=1S/C20H26N2O/c1-15(2)16-10-12-18(13-11-16)22-19(23)21-14-20(3,4)17-8-6-5-7-9-17/h5-13,15H,14H2,1-4H3,(H2,21,22,23). The van der Waals surface area contributed by atoms with Gasteiger partial charge in [0.1, 0.15) is 0 Å². The summed E-state index contributed by atoms with van der Waals surface area (Å²) in [7, 11) is 0. The molecule has 0 spiro atoms. The van der Waals surface area contributed by atoms with Gasteiger partial charge in [-0.3, -0.25) is 0 Å². The first-order valence-corrected chi connectivity index (χ1v) is 8.09. The van der Waals surface area contributed by atoms with Gasteiger partial charge in [0.05, 0.1) is 0 Å². The highest BCUT2D eigenvalue weighted by Gasteiger charge is 2.21. The zero-order valence-corrected chi connectivity index (χ0v) is 14.4. The fourth-order valence-electron chi connectivity index (χ4n) is 2.42. The van der Waals surface area contributed by atoms with Crippen LogP contribution in [0.4, 0.5) is 10.5 Å². The number of nitrogens with one attached hydrogen (secondary N) is 2. The van der Waals surface area contributed by atoms with Crippen LogP contribution in [-0.2, 0) is 5.41 Å². The third-order valence-corrected chi connectivity index (χ3v) is 4.08. The Morgan fingerprint density at radius 1 is 1.00 bits per heavy atom. The minimum atomic E-state index is -0.175. The third kappa shape index (κ3) is 4.85. The lowest BCUT2D eigenvalue weighted by Gasteiger charge is -2.25. The van der Waals surface area contributed by atoms with Crippen LogP contribution in [0.15, 0.2) is 54.6 Å². The van der Waals surface area contributed by atoms with Crippen molar-refractivity contribution in [3.05, 3.63) is 65.7 Å². The van der Waals surface area contributed by atoms with Gasteiger partial charge in [0, 0.05) is 17.6 Å². The van der Waals surface area contributed by atoms with Crippen molar-refractivity contribution < 1.29 is 4.79 Å². The summed E-state index contributed by atoms with van der Waals surface area (Å²) in [5, 5.41) is 5.84. The van der Waals surface area contributed by atoms with Gasteiger partial charge in [0.25, 0.3) is 0 Å². The molecule has 3 nitrogen and oxygen atoms in total. The van der Waals surface area contributed by atoms with Gasteiger partial charge >= 0.3 is 6.03 Å². The molecule has 0 heterocycles. The van der Waals surface area contributed by atoms with Crippen LogP contribution in [-0.4, -0.2) is 12.6 Å². The molecule has 2 aromatic rings. The Labute approximate surface area is 139 Å². The Morgan fingerprint density at radius 3 is 2.17 bits per heavy atom. The zero-order chi connectivity index (χ0) is 16.9. The summed E-state index contributed by atoms with van der Waals surface area (Å²) >= 11 is 0. The molecular formula is C20H26N2O. The first kappa shape index (κ1) is 17.1. The van der Waals surface area contributed by atoms with Crippen LogP contribution in [0.3, 0.4) is 0 Å². The summed E-state index contributed by atoms with van der Waals surface area (Å²) in [4.78, 5) is 12.1. The van der Waals surface area contributed by atoms with E-state index in [1.807, 2.05) is 42.5 Å². The van der Waals surface area contributed by atoms with E-state index >= 15 is 0 Å². The van der Waals surface area contributed by atoms with Crippen LogP contribution in [0.25, 0.3) is 0 Å². The maximum absolute atomic E-state index is 12.1. The van der Waals surface area contributed by atoms with Crippen LogP contribution >= 0.6 is 0 Å². The van der Waals surface area contributed by atoms with Crippen molar-refractivity contribution in [3.63, 3.8) is 0 Å². The molecule has 0 aliphatic heterocycles. The summed E-state index contributed by atoms with van der Waals surface area (Å²) in [5.74, 6) is 0.490. The molecule has 0 aliphatic carbocycles. The Bertz CT molecular complexity index is 630. The van der Waals surface area contributed by atoms with Gasteiger partial charge in [0.2, 0.25) is 0 Å². The monoisotopic (exact) mass is 310 g/mol. The lowest BCUT2D eigenvalue weighted by molar-refractivity contribution is 0.249. The molecule has 23 heavy (non-hydrogen) atoms. The summed E-state index contributed by atoms with van der Waals surface area (Å²) in [6.45, 7) is 9.13. The predicted octanol–water partition coefficient (Wildman–Crippen LogP) is 4.91. The lowest BCUT2D eigenvalue weighted by atomic mass is 9.85. The Morgan fingerprint density at radius 2 is 1.61 bits per heavy atom. The fraction of sp³-hybridized carbons (Fsp3) is 0.350. The van der Waals surface area contributed by atoms with Gasteiger partial charge < -0.3 is 10.6 Å². The highest BCUT2D eigenvalue weighted by molar-refractivity contribution is 5.89. The van der Waals surface area contributed by atoms with E-state index in [0.717, 1.165) is 5.69 Å². The molecule has 0 saturated heterocycles. The minimum absolute atomic E-state index is 0.111. The minimum Gasteiger partial charge on any atom is -0.337 e. The lowest BCUT2D eigenvalue weighted by Crippen LogP contribution is -2.38. The Kier molecular flexibility index (Phi) is 5.43. The topological polar surface area (TPSA) is 41.1 Å². The third-order valence-electron chi connectivity index (χ3n) is 4.08. The molecule has 0 saturated carbocycles. The van der Waals surface area contributed by atoms with E-state index in [2.05, 4.69) is 50.5 Å². The second-order valence-electron chi connectivity index (χ2n) is 6.83. The van der Waals surface area contributed by atoms with Crippen molar-refractivity contribution >= 4 is 11.7 Å². The maximum atomic E-state index is 12.1. The molecule has 2 N–H and O–H groups in total. The molecule has 2 aromatic carbocycles. The van der Waals surface area contributed by atoms with Gasteiger partial charge in [-0.05, 0) is 29.2 Å². The first-order chi connectivity index (χ1) is 10.9. The molecule has 0 bridgehead atoms. The normalized spacial score (nSPS) is 11.3. The fourth-order valence-corrected chi connectivity index (χ4v) is 2.42. The van der Waals surface area contributed by atoms with Crippen molar-refractivity contribution in [3.8, 4) is 0 Å². The highest BCUT2D eigenvalue weighted by Crippen LogP contribution is 2.22. The van der Waals surface area contributed by atoms with Gasteiger partial charge in [-0.25, -0.2) is 4.79 Å². The number of anilines is 1. The number of carbonyl (C=O) groups is 1. The van der Waals surface area contributed by atoms with Gasteiger partial charge in [-0.2, -0.15) is 0 Å². The van der Waals surface area contributed by atoms with Gasteiger partial charge in [0.15, 0.2) is 0 Å². The van der Waals surface area contributed by atoms with E-state index in [4.69, 9.17) is 0 Å². The summed E-state index contributed by atoms with van der Waals surface area (Å²) in [6, 6.07) is 18.0. The molecule has 0 atom stereocenters. The quantitative estimate of drug-likeness (QED) is 0.809. The Hall–Kier alpha value is -2.29. The highest BCUT2D eigenvalue weighted by atomic mass is 16.2. The van der Waals surface area contributed by atoms with E-state index in [9.17, 15) is 4.79 Å². The van der Waals surface area contributed by atoms with Crippen molar-refractivity contribution in [2.24, 2.45) is 0 Å². The molecule has 2 rings (SSSR count). The largest absolute Gasteiger partial charge is 0.337 e. The van der Waals surface area contributed by atoms with Crippen molar-refractivity contribution in [2.75, 3.05) is 11.9 Å². The van der Waals surface area contributed by atoms with E-state index in [1.165, 1.54) is 11.1 Å². The van der Waals surface area contributed by atoms with Crippen LogP contribution < -0.4 is 10.6 Å². The van der Waals surface area contributed by atoms with Gasteiger partial charge in [-0.15, -0.1) is 0 Å². The molecule has 0 unspecified atom stereocenters. The van der Waals surface area contributed by atoms with Gasteiger partial charge in [-0.1, -0.05) is 70.2 Å². The molecular weight excluding hydrogens is 284 g/mol. The number of benzene rings is 2. The van der Waals surface area contributed by atoms with Crippen LogP contribution in [0.2, 0.25) is 0 Å². The molecule has 0 aromatic heterocycles. The number of urea groups is 1. The number of hydrogen-bond acceptors (Lipinski definition) is 1. The average molecular weight is 310 g/mol. The van der Waals surface area contributed by atoms with E-state index in [-0.39, 0.29) is 11.4 Å². The molecule has 0 fully saturated rings. The van der Waals surface area contributed by atoms with Crippen molar-refractivity contribution in [1.82, 2.24) is 5.32 Å². The maximum Gasteiger partial charge on any atom is 0.319 e. The SMILES string of the molecule is CC(C)c1ccc(NC(=O)NCC(C)(C)c2ccccc2)cc1. The smallest absolute Gasteiger partial charge is 0.319 e. The molecule has 122 valence electrons. The molecule has 2 amide bonds. The first-order valence-electron chi connectivity index (χ1n) is 8.09. The summed E-state index contributed by atoms with van der Waals surface area (Å²) in [5.41, 5.74) is 3.17. The summed E-state index contributed by atoms with van der Waals surface area (Å²) < 4.78 is 0. The second-order valence-corrected chi connectivity index (χ2v) is 6.83. The number of carbonyl (C=O) groups excluding carboxylic acids is 1. The Balaban J connectivity index is 1.90. The van der Waals surface area contributed by atoms with Crippen molar-refractivity contribution in [2.45, 2.75) is 39.0 Å². The van der Waals surface area contributed by atoms with E-state index < -0.39 is 0 Å². The zero-order valence-electron chi connectivity index (χ0n) is 14.4. The molecule has 0 aliphatic rings. The van der Waals surface area contributed by atoms with E-state index in [1.54, 1.807) is 0 Å². The molecule has 0 radical (unpaired) electrons. The number of amides is 2. The summed E-state index contributed by atoms with van der Waals surface area (Å²) in [6.07, 6.45) is 0.